The first-order chi connectivity index (χ1) is 11.9. The van der Waals surface area contributed by atoms with Crippen molar-refractivity contribution in [3.8, 4) is 0 Å². The molecule has 0 unspecified atom stereocenters. The number of aryl methyl sites for hydroxylation is 2. The predicted octanol–water partition coefficient (Wildman–Crippen LogP) is 3.55. The van der Waals surface area contributed by atoms with Gasteiger partial charge in [0.2, 0.25) is 0 Å². The molecule has 1 aliphatic rings. The first-order valence-electron chi connectivity index (χ1n) is 8.14. The Morgan fingerprint density at radius 2 is 1.80 bits per heavy atom. The summed E-state index contributed by atoms with van der Waals surface area (Å²) in [5.74, 6) is 0. The zero-order valence-electron chi connectivity index (χ0n) is 14.3. The van der Waals surface area contributed by atoms with Crippen LogP contribution in [0.4, 0.5) is 5.69 Å². The van der Waals surface area contributed by atoms with Crippen molar-refractivity contribution < 1.29 is 0 Å². The summed E-state index contributed by atoms with van der Waals surface area (Å²) in [4.78, 5) is 4.61. The summed E-state index contributed by atoms with van der Waals surface area (Å²) in [5, 5.41) is 9.52. The van der Waals surface area contributed by atoms with Crippen molar-refractivity contribution >= 4 is 46.2 Å². The van der Waals surface area contributed by atoms with E-state index in [4.69, 9.17) is 35.4 Å². The van der Waals surface area contributed by atoms with Gasteiger partial charge < -0.3 is 10.2 Å². The molecule has 8 heteroatoms. The van der Waals surface area contributed by atoms with E-state index >= 15 is 0 Å². The van der Waals surface area contributed by atoms with Crippen LogP contribution in [-0.4, -0.2) is 50.9 Å². The zero-order valence-corrected chi connectivity index (χ0v) is 16.6. The standard InChI is InChI=1S/C17H21Cl2N5S/c1-12-13(10-22(2)21-12)11-23-3-5-24(6-4-23)17(25)20-16-8-14(18)7-15(19)9-16/h7-10H,3-6,11H2,1-2H3,(H,20,25). The molecule has 1 aromatic carbocycles. The molecule has 0 radical (unpaired) electrons. The number of hydrogen-bond acceptors (Lipinski definition) is 3. The minimum Gasteiger partial charge on any atom is -0.346 e. The highest BCUT2D eigenvalue weighted by Gasteiger charge is 2.20. The van der Waals surface area contributed by atoms with Gasteiger partial charge in [-0.05, 0) is 37.3 Å². The lowest BCUT2D eigenvalue weighted by molar-refractivity contribution is 0.176. The van der Waals surface area contributed by atoms with E-state index < -0.39 is 0 Å². The number of rotatable bonds is 3. The maximum Gasteiger partial charge on any atom is 0.173 e. The van der Waals surface area contributed by atoms with Crippen molar-refractivity contribution in [1.29, 1.82) is 0 Å². The second-order valence-corrected chi connectivity index (χ2v) is 7.52. The lowest BCUT2D eigenvalue weighted by Gasteiger charge is -2.36. The van der Waals surface area contributed by atoms with Crippen molar-refractivity contribution in [3.05, 3.63) is 45.7 Å². The van der Waals surface area contributed by atoms with E-state index in [0.29, 0.717) is 15.2 Å². The number of anilines is 1. The van der Waals surface area contributed by atoms with E-state index in [1.165, 1.54) is 5.56 Å². The minimum absolute atomic E-state index is 0.592. The van der Waals surface area contributed by atoms with Gasteiger partial charge in [-0.25, -0.2) is 0 Å². The summed E-state index contributed by atoms with van der Waals surface area (Å²) < 4.78 is 1.87. The van der Waals surface area contributed by atoms with Gasteiger partial charge in [-0.2, -0.15) is 5.10 Å². The van der Waals surface area contributed by atoms with E-state index in [1.807, 2.05) is 23.9 Å². The van der Waals surface area contributed by atoms with Crippen LogP contribution >= 0.6 is 35.4 Å². The molecule has 25 heavy (non-hydrogen) atoms. The summed E-state index contributed by atoms with van der Waals surface area (Å²) in [7, 11) is 1.96. The zero-order chi connectivity index (χ0) is 18.0. The van der Waals surface area contributed by atoms with Gasteiger partial charge in [0.05, 0.1) is 5.69 Å². The van der Waals surface area contributed by atoms with Gasteiger partial charge in [0.25, 0.3) is 0 Å². The summed E-state index contributed by atoms with van der Waals surface area (Å²) in [5.41, 5.74) is 3.20. The molecule has 1 aliphatic heterocycles. The van der Waals surface area contributed by atoms with Gasteiger partial charge in [0, 0.05) is 67.3 Å². The fourth-order valence-corrected chi connectivity index (χ4v) is 3.81. The number of nitrogens with zero attached hydrogens (tertiary/aromatic N) is 4. The highest BCUT2D eigenvalue weighted by molar-refractivity contribution is 7.80. The smallest absolute Gasteiger partial charge is 0.173 e. The normalized spacial score (nSPS) is 15.4. The first-order valence-corrected chi connectivity index (χ1v) is 9.30. The molecule has 0 aliphatic carbocycles. The molecular formula is C17H21Cl2N5S. The summed E-state index contributed by atoms with van der Waals surface area (Å²) in [6.07, 6.45) is 2.09. The van der Waals surface area contributed by atoms with Crippen LogP contribution < -0.4 is 5.32 Å². The Labute approximate surface area is 163 Å². The molecule has 134 valence electrons. The average molecular weight is 398 g/mol. The van der Waals surface area contributed by atoms with E-state index in [2.05, 4.69) is 33.3 Å². The van der Waals surface area contributed by atoms with Gasteiger partial charge in [-0.1, -0.05) is 23.2 Å². The second kappa shape index (κ2) is 7.91. The Kier molecular flexibility index (Phi) is 5.84. The molecule has 0 spiro atoms. The first kappa shape index (κ1) is 18.5. The molecule has 3 rings (SSSR count). The molecule has 0 amide bonds. The van der Waals surface area contributed by atoms with Crippen LogP contribution in [0.1, 0.15) is 11.3 Å². The van der Waals surface area contributed by atoms with Crippen LogP contribution in [0.15, 0.2) is 24.4 Å². The van der Waals surface area contributed by atoms with Gasteiger partial charge in [0.1, 0.15) is 0 Å². The van der Waals surface area contributed by atoms with Crippen molar-refractivity contribution in [2.24, 2.45) is 7.05 Å². The SMILES string of the molecule is Cc1nn(C)cc1CN1CCN(C(=S)Nc2cc(Cl)cc(Cl)c2)CC1. The van der Waals surface area contributed by atoms with E-state index in [0.717, 1.165) is 44.1 Å². The predicted molar refractivity (Wildman–Crippen MR) is 107 cm³/mol. The maximum atomic E-state index is 6.04. The van der Waals surface area contributed by atoms with Crippen molar-refractivity contribution in [3.63, 3.8) is 0 Å². The highest BCUT2D eigenvalue weighted by Crippen LogP contribution is 2.23. The number of hydrogen-bond donors (Lipinski definition) is 1. The molecular weight excluding hydrogens is 377 g/mol. The van der Waals surface area contributed by atoms with E-state index in [1.54, 1.807) is 6.07 Å². The minimum atomic E-state index is 0.592. The molecule has 1 saturated heterocycles. The number of piperazine rings is 1. The molecule has 1 fully saturated rings. The molecule has 2 aromatic rings. The number of benzene rings is 1. The van der Waals surface area contributed by atoms with Crippen molar-refractivity contribution in [2.45, 2.75) is 13.5 Å². The largest absolute Gasteiger partial charge is 0.346 e. The average Bonchev–Trinajstić information content (AvgIpc) is 2.84. The number of halogens is 2. The molecule has 0 bridgehead atoms. The van der Waals surface area contributed by atoms with Crippen LogP contribution in [0.25, 0.3) is 0 Å². The van der Waals surface area contributed by atoms with Crippen LogP contribution in [0, 0.1) is 6.92 Å². The Hall–Kier alpha value is -1.34. The van der Waals surface area contributed by atoms with Crippen molar-refractivity contribution in [1.82, 2.24) is 19.6 Å². The Morgan fingerprint density at radius 3 is 2.36 bits per heavy atom. The number of aromatic nitrogens is 2. The third-order valence-corrected chi connectivity index (χ3v) is 5.08. The van der Waals surface area contributed by atoms with Gasteiger partial charge in [-0.3, -0.25) is 9.58 Å². The highest BCUT2D eigenvalue weighted by atomic mass is 35.5. The second-order valence-electron chi connectivity index (χ2n) is 6.26. The van der Waals surface area contributed by atoms with Crippen LogP contribution in [0.3, 0.4) is 0 Å². The number of thiocarbonyl (C=S) groups is 1. The van der Waals surface area contributed by atoms with Crippen LogP contribution in [0.2, 0.25) is 10.0 Å². The van der Waals surface area contributed by atoms with Crippen molar-refractivity contribution in [2.75, 3.05) is 31.5 Å². The monoisotopic (exact) mass is 397 g/mol. The van der Waals surface area contributed by atoms with Gasteiger partial charge in [0.15, 0.2) is 5.11 Å². The fraction of sp³-hybridized carbons (Fsp3) is 0.412. The van der Waals surface area contributed by atoms with Crippen LogP contribution in [-0.2, 0) is 13.6 Å². The lowest BCUT2D eigenvalue weighted by atomic mass is 10.2. The quantitative estimate of drug-likeness (QED) is 0.801. The molecule has 0 atom stereocenters. The Balaban J connectivity index is 1.53. The number of nitrogens with one attached hydrogen (secondary N) is 1. The molecule has 1 aromatic heterocycles. The topological polar surface area (TPSA) is 36.3 Å². The molecule has 5 nitrogen and oxygen atoms in total. The molecule has 0 saturated carbocycles. The van der Waals surface area contributed by atoms with E-state index in [-0.39, 0.29) is 0 Å². The molecule has 2 heterocycles. The summed E-state index contributed by atoms with van der Waals surface area (Å²) >= 11 is 17.6. The lowest BCUT2D eigenvalue weighted by Crippen LogP contribution is -2.49. The Bertz CT molecular complexity index is 748. The molecule has 1 N–H and O–H groups in total. The summed E-state index contributed by atoms with van der Waals surface area (Å²) in [6, 6.07) is 5.35. The van der Waals surface area contributed by atoms with Gasteiger partial charge >= 0.3 is 0 Å². The maximum absolute atomic E-state index is 6.04. The fourth-order valence-electron chi connectivity index (χ4n) is 2.98. The Morgan fingerprint density at radius 1 is 1.16 bits per heavy atom. The van der Waals surface area contributed by atoms with Crippen LogP contribution in [0.5, 0.6) is 0 Å². The van der Waals surface area contributed by atoms with E-state index in [9.17, 15) is 0 Å². The van der Waals surface area contributed by atoms with Gasteiger partial charge in [-0.15, -0.1) is 0 Å². The third-order valence-electron chi connectivity index (χ3n) is 4.28. The third kappa shape index (κ3) is 4.85. The summed E-state index contributed by atoms with van der Waals surface area (Å²) in [6.45, 7) is 6.69.